The number of ether oxygens (including phenoxy) is 2. The van der Waals surface area contributed by atoms with Gasteiger partial charge in [0, 0.05) is 76.1 Å². The number of likely N-dealkylation sites (tertiary alicyclic amines) is 2. The van der Waals surface area contributed by atoms with Crippen LogP contribution in [0.15, 0.2) is 24.4 Å². The molecular formula is C31H48N8O4. The van der Waals surface area contributed by atoms with Gasteiger partial charge in [-0.25, -0.2) is 9.78 Å². The van der Waals surface area contributed by atoms with E-state index in [1.165, 1.54) is 0 Å². The minimum atomic E-state index is -0.272. The van der Waals surface area contributed by atoms with Crippen LogP contribution in [0, 0.1) is 5.92 Å². The van der Waals surface area contributed by atoms with E-state index in [1.54, 1.807) is 15.9 Å². The SMILES string of the molecule is CC(C)c1cnn2c(NCC3CCN(C(=O)OC4CCN(C(=O)/C=C/CN(C)C)C4)CC3)cc(NC3CCOCC3)nc12. The molecule has 2 N–H and O–H groups in total. The van der Waals surface area contributed by atoms with Gasteiger partial charge >= 0.3 is 6.09 Å². The van der Waals surface area contributed by atoms with E-state index in [1.807, 2.05) is 35.8 Å². The molecule has 43 heavy (non-hydrogen) atoms. The molecule has 0 spiro atoms. The number of rotatable bonds is 10. The summed E-state index contributed by atoms with van der Waals surface area (Å²) in [4.78, 5) is 35.8. The Morgan fingerprint density at radius 3 is 2.58 bits per heavy atom. The summed E-state index contributed by atoms with van der Waals surface area (Å²) in [6.07, 6.45) is 9.28. The molecule has 2 aromatic heterocycles. The van der Waals surface area contributed by atoms with Gasteiger partial charge in [-0.3, -0.25) is 4.79 Å². The van der Waals surface area contributed by atoms with E-state index in [9.17, 15) is 9.59 Å². The number of nitrogens with one attached hydrogen (secondary N) is 2. The van der Waals surface area contributed by atoms with Crippen LogP contribution >= 0.6 is 0 Å². The van der Waals surface area contributed by atoms with Crippen molar-refractivity contribution in [3.8, 4) is 0 Å². The number of fused-ring (bicyclic) bond motifs is 1. The van der Waals surface area contributed by atoms with Crippen molar-refractivity contribution in [3.05, 3.63) is 30.0 Å². The molecule has 0 aliphatic carbocycles. The highest BCUT2D eigenvalue weighted by molar-refractivity contribution is 5.87. The second-order valence-electron chi connectivity index (χ2n) is 12.6. The monoisotopic (exact) mass is 596 g/mol. The normalized spacial score (nSPS) is 20.6. The molecule has 236 valence electrons. The molecule has 2 amide bonds. The van der Waals surface area contributed by atoms with Crippen LogP contribution < -0.4 is 10.6 Å². The van der Waals surface area contributed by atoms with E-state index in [2.05, 4.69) is 35.6 Å². The maximum atomic E-state index is 12.9. The average molecular weight is 597 g/mol. The molecule has 3 saturated heterocycles. The highest BCUT2D eigenvalue weighted by Gasteiger charge is 2.31. The molecule has 0 aromatic carbocycles. The number of nitrogens with zero attached hydrogens (tertiary/aromatic N) is 6. The fourth-order valence-corrected chi connectivity index (χ4v) is 5.92. The number of likely N-dealkylation sites (N-methyl/N-ethyl adjacent to an activating group) is 1. The molecule has 3 aliphatic heterocycles. The standard InChI is InChI=1S/C31H48N8O4/c1-22(2)26-20-33-39-28(18-27(35-30(26)39)34-24-10-16-42-17-11-24)32-19-23-7-13-37(14-8-23)31(41)43-25-9-15-38(21-25)29(40)6-5-12-36(3)4/h5-6,18,20,22-25,32H,7-17,19,21H2,1-4H3,(H,34,35)/b6-5+. The first-order valence-electron chi connectivity index (χ1n) is 15.8. The zero-order valence-electron chi connectivity index (χ0n) is 26.1. The van der Waals surface area contributed by atoms with Gasteiger partial charge in [0.15, 0.2) is 5.65 Å². The van der Waals surface area contributed by atoms with Crippen LogP contribution in [0.5, 0.6) is 0 Å². The number of piperidine rings is 1. The van der Waals surface area contributed by atoms with Crippen LogP contribution in [0.2, 0.25) is 0 Å². The molecule has 3 fully saturated rings. The maximum absolute atomic E-state index is 12.9. The topological polar surface area (TPSA) is 117 Å². The third kappa shape index (κ3) is 8.17. The van der Waals surface area contributed by atoms with Crippen LogP contribution in [-0.2, 0) is 14.3 Å². The molecule has 0 radical (unpaired) electrons. The van der Waals surface area contributed by atoms with E-state index in [0.29, 0.717) is 57.0 Å². The van der Waals surface area contributed by atoms with E-state index in [0.717, 1.165) is 68.3 Å². The number of aromatic nitrogens is 3. The highest BCUT2D eigenvalue weighted by Crippen LogP contribution is 2.26. The average Bonchev–Trinajstić information content (AvgIpc) is 3.64. The Bertz CT molecular complexity index is 1260. The number of hydrogen-bond acceptors (Lipinski definition) is 9. The molecule has 12 nitrogen and oxygen atoms in total. The first kappa shape index (κ1) is 31.1. The second-order valence-corrected chi connectivity index (χ2v) is 12.6. The van der Waals surface area contributed by atoms with Gasteiger partial charge in [-0.05, 0) is 51.6 Å². The summed E-state index contributed by atoms with van der Waals surface area (Å²) < 4.78 is 13.2. The summed E-state index contributed by atoms with van der Waals surface area (Å²) >= 11 is 0. The van der Waals surface area contributed by atoms with Crippen molar-refractivity contribution in [2.75, 3.05) is 77.2 Å². The Morgan fingerprint density at radius 2 is 1.86 bits per heavy atom. The van der Waals surface area contributed by atoms with Gasteiger partial charge in [0.2, 0.25) is 5.91 Å². The Morgan fingerprint density at radius 1 is 1.12 bits per heavy atom. The van der Waals surface area contributed by atoms with Crippen molar-refractivity contribution >= 4 is 29.3 Å². The minimum absolute atomic E-state index is 0.0257. The molecule has 5 heterocycles. The summed E-state index contributed by atoms with van der Waals surface area (Å²) in [7, 11) is 3.92. The zero-order valence-corrected chi connectivity index (χ0v) is 26.1. The number of anilines is 2. The van der Waals surface area contributed by atoms with Crippen LogP contribution in [0.4, 0.5) is 16.4 Å². The molecule has 3 aliphatic rings. The Kier molecular flexibility index (Phi) is 10.4. The minimum Gasteiger partial charge on any atom is -0.444 e. The number of carbonyl (C=O) groups is 2. The summed E-state index contributed by atoms with van der Waals surface area (Å²) in [6, 6.07) is 2.41. The number of hydrogen-bond donors (Lipinski definition) is 2. The van der Waals surface area contributed by atoms with Gasteiger partial charge in [-0.2, -0.15) is 9.61 Å². The summed E-state index contributed by atoms with van der Waals surface area (Å²) in [5.41, 5.74) is 2.00. The Hall–Kier alpha value is -3.38. The van der Waals surface area contributed by atoms with E-state index >= 15 is 0 Å². The predicted molar refractivity (Wildman–Crippen MR) is 166 cm³/mol. The third-order valence-corrected chi connectivity index (χ3v) is 8.59. The maximum Gasteiger partial charge on any atom is 0.410 e. The van der Waals surface area contributed by atoms with E-state index in [4.69, 9.17) is 14.5 Å². The van der Waals surface area contributed by atoms with Gasteiger partial charge in [0.1, 0.15) is 17.7 Å². The van der Waals surface area contributed by atoms with Gasteiger partial charge in [0.25, 0.3) is 0 Å². The van der Waals surface area contributed by atoms with Crippen molar-refractivity contribution in [1.82, 2.24) is 29.3 Å². The molecule has 2 aromatic rings. The molecule has 1 unspecified atom stereocenters. The lowest BCUT2D eigenvalue weighted by Gasteiger charge is -2.32. The fraction of sp³-hybridized carbons (Fsp3) is 0.677. The lowest BCUT2D eigenvalue weighted by atomic mass is 9.97. The molecule has 0 bridgehead atoms. The molecule has 0 saturated carbocycles. The molecule has 1 atom stereocenters. The van der Waals surface area contributed by atoms with Gasteiger partial charge < -0.3 is 34.8 Å². The van der Waals surface area contributed by atoms with Crippen LogP contribution in [0.25, 0.3) is 5.65 Å². The van der Waals surface area contributed by atoms with E-state index in [-0.39, 0.29) is 18.1 Å². The predicted octanol–water partition coefficient (Wildman–Crippen LogP) is 3.42. The first-order valence-corrected chi connectivity index (χ1v) is 15.8. The van der Waals surface area contributed by atoms with Crippen LogP contribution in [0.1, 0.15) is 57.4 Å². The van der Waals surface area contributed by atoms with E-state index < -0.39 is 0 Å². The summed E-state index contributed by atoms with van der Waals surface area (Å²) in [5.74, 6) is 2.50. The van der Waals surface area contributed by atoms with Gasteiger partial charge in [0.05, 0.1) is 12.7 Å². The lowest BCUT2D eigenvalue weighted by Crippen LogP contribution is -2.42. The smallest absolute Gasteiger partial charge is 0.410 e. The number of amides is 2. The zero-order chi connectivity index (χ0) is 30.3. The Labute approximate surface area is 254 Å². The van der Waals surface area contributed by atoms with Crippen LogP contribution in [-0.4, -0.2) is 120 Å². The largest absolute Gasteiger partial charge is 0.444 e. The summed E-state index contributed by atoms with van der Waals surface area (Å²) in [6.45, 7) is 9.76. The third-order valence-electron chi connectivity index (χ3n) is 8.59. The quantitative estimate of drug-likeness (QED) is 0.398. The van der Waals surface area contributed by atoms with Gasteiger partial charge in [-0.15, -0.1) is 0 Å². The van der Waals surface area contributed by atoms with Crippen molar-refractivity contribution in [2.24, 2.45) is 5.92 Å². The molecule has 12 heteroatoms. The van der Waals surface area contributed by atoms with Crippen molar-refractivity contribution in [1.29, 1.82) is 0 Å². The fourth-order valence-electron chi connectivity index (χ4n) is 5.92. The van der Waals surface area contributed by atoms with Gasteiger partial charge in [-0.1, -0.05) is 19.9 Å². The highest BCUT2D eigenvalue weighted by atomic mass is 16.6. The lowest BCUT2D eigenvalue weighted by molar-refractivity contribution is -0.125. The second kappa shape index (κ2) is 14.4. The molecular weight excluding hydrogens is 548 g/mol. The van der Waals surface area contributed by atoms with Crippen molar-refractivity contribution in [2.45, 2.75) is 64.0 Å². The number of carbonyl (C=O) groups excluding carboxylic acids is 2. The van der Waals surface area contributed by atoms with Crippen molar-refractivity contribution < 1.29 is 19.1 Å². The van der Waals surface area contributed by atoms with Crippen LogP contribution in [0.3, 0.4) is 0 Å². The Balaban J connectivity index is 1.11. The molecule has 5 rings (SSSR count). The summed E-state index contributed by atoms with van der Waals surface area (Å²) in [5, 5.41) is 11.9. The van der Waals surface area contributed by atoms with Crippen molar-refractivity contribution in [3.63, 3.8) is 0 Å². The first-order chi connectivity index (χ1) is 20.8.